The van der Waals surface area contributed by atoms with E-state index in [1.165, 1.54) is 11.1 Å². The zero-order valence-corrected chi connectivity index (χ0v) is 9.73. The average molecular weight is 208 g/mol. The minimum absolute atomic E-state index is 0.177. The van der Waals surface area contributed by atoms with Crippen LogP contribution in [-0.4, -0.2) is 24.9 Å². The Bertz CT molecular complexity index is 279. The van der Waals surface area contributed by atoms with Crippen LogP contribution in [0.5, 0.6) is 0 Å². The summed E-state index contributed by atoms with van der Waals surface area (Å²) < 4.78 is 5.22. The van der Waals surface area contributed by atoms with Gasteiger partial charge < -0.3 is 9.84 Å². The number of rotatable bonds is 5. The maximum absolute atomic E-state index is 9.34. The average Bonchev–Trinajstić information content (AvgIpc) is 2.27. The van der Waals surface area contributed by atoms with E-state index < -0.39 is 0 Å². The standard InChI is InChI=1S/C13H20O2/c1-10-4-6-12(7-5-10)13(9-14)8-11(2)15-3/h4-7,11,13-14H,8-9H2,1-3H3. The third-order valence-corrected chi connectivity index (χ3v) is 2.79. The number of hydrogen-bond donors (Lipinski definition) is 1. The Labute approximate surface area is 91.9 Å². The third kappa shape index (κ3) is 3.65. The predicted octanol–water partition coefficient (Wildman–Crippen LogP) is 2.50. The lowest BCUT2D eigenvalue weighted by atomic mass is 9.93. The maximum Gasteiger partial charge on any atom is 0.0549 e. The van der Waals surface area contributed by atoms with E-state index >= 15 is 0 Å². The fourth-order valence-corrected chi connectivity index (χ4v) is 1.65. The van der Waals surface area contributed by atoms with Crippen molar-refractivity contribution in [1.29, 1.82) is 0 Å². The third-order valence-electron chi connectivity index (χ3n) is 2.79. The molecule has 1 N–H and O–H groups in total. The van der Waals surface area contributed by atoms with Crippen LogP contribution in [0.3, 0.4) is 0 Å². The van der Waals surface area contributed by atoms with Gasteiger partial charge >= 0.3 is 0 Å². The van der Waals surface area contributed by atoms with Gasteiger partial charge in [0.2, 0.25) is 0 Å². The molecule has 1 rings (SSSR count). The zero-order valence-electron chi connectivity index (χ0n) is 9.73. The van der Waals surface area contributed by atoms with Gasteiger partial charge in [-0.25, -0.2) is 0 Å². The van der Waals surface area contributed by atoms with Gasteiger partial charge in [-0.05, 0) is 25.8 Å². The monoisotopic (exact) mass is 208 g/mol. The van der Waals surface area contributed by atoms with Gasteiger partial charge in [-0.1, -0.05) is 29.8 Å². The van der Waals surface area contributed by atoms with Crippen LogP contribution >= 0.6 is 0 Å². The molecule has 0 aliphatic rings. The van der Waals surface area contributed by atoms with Gasteiger partial charge in [0.1, 0.15) is 0 Å². The van der Waals surface area contributed by atoms with Crippen molar-refractivity contribution in [2.75, 3.05) is 13.7 Å². The molecular weight excluding hydrogens is 188 g/mol. The fourth-order valence-electron chi connectivity index (χ4n) is 1.65. The van der Waals surface area contributed by atoms with Crippen LogP contribution in [0, 0.1) is 6.92 Å². The molecule has 2 atom stereocenters. The second kappa shape index (κ2) is 5.89. The summed E-state index contributed by atoms with van der Waals surface area (Å²) in [5.74, 6) is 0.181. The second-order valence-electron chi connectivity index (χ2n) is 4.07. The molecule has 0 heterocycles. The Kier molecular flexibility index (Phi) is 4.79. The number of methoxy groups -OCH3 is 1. The summed E-state index contributed by atoms with van der Waals surface area (Å²) in [6, 6.07) is 8.32. The van der Waals surface area contributed by atoms with Crippen molar-refractivity contribution in [2.24, 2.45) is 0 Å². The molecule has 15 heavy (non-hydrogen) atoms. The highest BCUT2D eigenvalue weighted by Crippen LogP contribution is 2.22. The van der Waals surface area contributed by atoms with Crippen LogP contribution in [0.25, 0.3) is 0 Å². The minimum atomic E-state index is 0.177. The van der Waals surface area contributed by atoms with Gasteiger partial charge in [0.05, 0.1) is 12.7 Å². The Morgan fingerprint density at radius 1 is 1.27 bits per heavy atom. The van der Waals surface area contributed by atoms with Gasteiger partial charge in [0.25, 0.3) is 0 Å². The minimum Gasteiger partial charge on any atom is -0.396 e. The smallest absolute Gasteiger partial charge is 0.0549 e. The Hall–Kier alpha value is -0.860. The zero-order chi connectivity index (χ0) is 11.3. The Balaban J connectivity index is 2.69. The van der Waals surface area contributed by atoms with Gasteiger partial charge in [-0.2, -0.15) is 0 Å². The predicted molar refractivity (Wildman–Crippen MR) is 62.1 cm³/mol. The first kappa shape index (κ1) is 12.2. The van der Waals surface area contributed by atoms with Gasteiger partial charge in [0.15, 0.2) is 0 Å². The van der Waals surface area contributed by atoms with E-state index in [9.17, 15) is 5.11 Å². The second-order valence-corrected chi connectivity index (χ2v) is 4.07. The summed E-state index contributed by atoms with van der Waals surface area (Å²) in [5.41, 5.74) is 2.43. The summed E-state index contributed by atoms with van der Waals surface area (Å²) in [5, 5.41) is 9.34. The van der Waals surface area contributed by atoms with Gasteiger partial charge in [-0.15, -0.1) is 0 Å². The van der Waals surface area contributed by atoms with E-state index in [0.717, 1.165) is 6.42 Å². The van der Waals surface area contributed by atoms with Crippen molar-refractivity contribution in [3.8, 4) is 0 Å². The van der Waals surface area contributed by atoms with E-state index in [1.807, 2.05) is 6.92 Å². The lowest BCUT2D eigenvalue weighted by molar-refractivity contribution is 0.0950. The number of hydrogen-bond acceptors (Lipinski definition) is 2. The molecular formula is C13H20O2. The summed E-state index contributed by atoms with van der Waals surface area (Å²) in [4.78, 5) is 0. The Morgan fingerprint density at radius 3 is 2.33 bits per heavy atom. The van der Waals surface area contributed by atoms with Crippen molar-refractivity contribution in [3.63, 3.8) is 0 Å². The number of benzene rings is 1. The van der Waals surface area contributed by atoms with Crippen molar-refractivity contribution in [1.82, 2.24) is 0 Å². The first-order valence-electron chi connectivity index (χ1n) is 5.37. The normalized spacial score (nSPS) is 14.9. The summed E-state index contributed by atoms with van der Waals surface area (Å²) in [6.45, 7) is 4.27. The molecule has 0 amide bonds. The summed E-state index contributed by atoms with van der Waals surface area (Å²) >= 11 is 0. The van der Waals surface area contributed by atoms with E-state index in [2.05, 4.69) is 31.2 Å². The molecule has 2 unspecified atom stereocenters. The molecule has 0 radical (unpaired) electrons. The summed E-state index contributed by atoms with van der Waals surface area (Å²) in [7, 11) is 1.70. The molecule has 2 heteroatoms. The van der Waals surface area contributed by atoms with Crippen LogP contribution in [0.2, 0.25) is 0 Å². The van der Waals surface area contributed by atoms with Crippen LogP contribution in [0.1, 0.15) is 30.4 Å². The summed E-state index contributed by atoms with van der Waals surface area (Å²) in [6.07, 6.45) is 1.04. The molecule has 0 spiro atoms. The van der Waals surface area contributed by atoms with Gasteiger partial charge in [-0.3, -0.25) is 0 Å². The van der Waals surface area contributed by atoms with Gasteiger partial charge in [0, 0.05) is 13.0 Å². The quantitative estimate of drug-likeness (QED) is 0.805. The molecule has 0 aromatic heterocycles. The number of aliphatic hydroxyl groups excluding tert-OH is 1. The van der Waals surface area contributed by atoms with Crippen LogP contribution < -0.4 is 0 Å². The highest BCUT2D eigenvalue weighted by molar-refractivity contribution is 5.24. The number of ether oxygens (including phenoxy) is 1. The van der Waals surface area contributed by atoms with Crippen LogP contribution in [0.4, 0.5) is 0 Å². The molecule has 0 aliphatic heterocycles. The van der Waals surface area contributed by atoms with Crippen LogP contribution in [-0.2, 0) is 4.74 Å². The first-order valence-corrected chi connectivity index (χ1v) is 5.37. The molecule has 0 saturated heterocycles. The SMILES string of the molecule is COC(C)CC(CO)c1ccc(C)cc1. The highest BCUT2D eigenvalue weighted by Gasteiger charge is 2.13. The molecule has 0 aliphatic carbocycles. The lowest BCUT2D eigenvalue weighted by Gasteiger charge is -2.18. The maximum atomic E-state index is 9.34. The molecule has 84 valence electrons. The van der Waals surface area contributed by atoms with Crippen molar-refractivity contribution >= 4 is 0 Å². The molecule has 0 fully saturated rings. The molecule has 2 nitrogen and oxygen atoms in total. The fraction of sp³-hybridized carbons (Fsp3) is 0.538. The van der Waals surface area contributed by atoms with Crippen molar-refractivity contribution in [2.45, 2.75) is 32.3 Å². The molecule has 0 saturated carbocycles. The van der Waals surface area contributed by atoms with Crippen molar-refractivity contribution < 1.29 is 9.84 Å². The number of aliphatic hydroxyl groups is 1. The largest absolute Gasteiger partial charge is 0.396 e. The highest BCUT2D eigenvalue weighted by atomic mass is 16.5. The lowest BCUT2D eigenvalue weighted by Crippen LogP contribution is -2.14. The first-order chi connectivity index (χ1) is 7.17. The number of aryl methyl sites for hydroxylation is 1. The van der Waals surface area contributed by atoms with E-state index in [4.69, 9.17) is 4.74 Å². The topological polar surface area (TPSA) is 29.5 Å². The molecule has 1 aromatic rings. The molecule has 1 aromatic carbocycles. The molecule has 0 bridgehead atoms. The van der Waals surface area contributed by atoms with E-state index in [0.29, 0.717) is 0 Å². The van der Waals surface area contributed by atoms with Crippen molar-refractivity contribution in [3.05, 3.63) is 35.4 Å². The Morgan fingerprint density at radius 2 is 1.87 bits per heavy atom. The van der Waals surface area contributed by atoms with Crippen LogP contribution in [0.15, 0.2) is 24.3 Å². The van der Waals surface area contributed by atoms with E-state index in [1.54, 1.807) is 7.11 Å². The van der Waals surface area contributed by atoms with E-state index in [-0.39, 0.29) is 18.6 Å².